The quantitative estimate of drug-likeness (QED) is 0.804. The van der Waals surface area contributed by atoms with Crippen LogP contribution >= 0.6 is 0 Å². The Labute approximate surface area is 111 Å². The largest absolute Gasteiger partial charge is 0.365 e. The molecule has 0 saturated carbocycles. The van der Waals surface area contributed by atoms with Gasteiger partial charge in [-0.3, -0.25) is 0 Å². The van der Waals surface area contributed by atoms with Crippen LogP contribution in [0.1, 0.15) is 34.6 Å². The maximum Gasteiger partial charge on any atom is 0.131 e. The van der Waals surface area contributed by atoms with Gasteiger partial charge in [0.2, 0.25) is 0 Å². The topological polar surface area (TPSA) is 28.2 Å². The van der Waals surface area contributed by atoms with Crippen molar-refractivity contribution in [2.75, 3.05) is 16.8 Å². The van der Waals surface area contributed by atoms with Crippen LogP contribution in [0.25, 0.3) is 0 Å². The molecule has 3 heteroatoms. The Bertz CT molecular complexity index is 391. The third-order valence-electron chi connectivity index (χ3n) is 2.48. The molecule has 1 N–H and O–H groups in total. The highest BCUT2D eigenvalue weighted by molar-refractivity contribution is 5.48. The Morgan fingerprint density at radius 1 is 1.39 bits per heavy atom. The summed E-state index contributed by atoms with van der Waals surface area (Å²) >= 11 is 0. The second-order valence-corrected chi connectivity index (χ2v) is 5.79. The molecule has 0 aromatic carbocycles. The van der Waals surface area contributed by atoms with Gasteiger partial charge in [-0.05, 0) is 46.8 Å². The second kappa shape index (κ2) is 5.89. The molecule has 0 spiro atoms. The zero-order valence-electron chi connectivity index (χ0n) is 12.2. The molecule has 1 aromatic rings. The Morgan fingerprint density at radius 3 is 2.56 bits per heavy atom. The zero-order valence-corrected chi connectivity index (χ0v) is 12.2. The van der Waals surface area contributed by atoms with E-state index >= 15 is 0 Å². The van der Waals surface area contributed by atoms with Crippen LogP contribution in [0.4, 0.5) is 11.6 Å². The Hall–Kier alpha value is -1.51. The van der Waals surface area contributed by atoms with Gasteiger partial charge in [0.25, 0.3) is 0 Å². The molecule has 1 heterocycles. The van der Waals surface area contributed by atoms with Crippen molar-refractivity contribution in [3.63, 3.8) is 0 Å². The smallest absolute Gasteiger partial charge is 0.131 e. The molecule has 100 valence electrons. The van der Waals surface area contributed by atoms with Crippen LogP contribution < -0.4 is 10.2 Å². The zero-order chi connectivity index (χ0) is 13.8. The van der Waals surface area contributed by atoms with Crippen LogP contribution in [0, 0.1) is 0 Å². The number of nitrogens with one attached hydrogen (secondary N) is 1. The number of anilines is 2. The summed E-state index contributed by atoms with van der Waals surface area (Å²) in [6.45, 7) is 15.3. The van der Waals surface area contributed by atoms with Gasteiger partial charge in [0.1, 0.15) is 11.6 Å². The van der Waals surface area contributed by atoms with Crippen molar-refractivity contribution in [3.05, 3.63) is 30.9 Å². The Balaban J connectivity index is 2.95. The maximum atomic E-state index is 4.67. The van der Waals surface area contributed by atoms with Gasteiger partial charge in [0.05, 0.1) is 0 Å². The van der Waals surface area contributed by atoms with Crippen LogP contribution in [0.2, 0.25) is 0 Å². The Morgan fingerprint density at radius 2 is 2.06 bits per heavy atom. The first-order valence-electron chi connectivity index (χ1n) is 6.46. The molecule has 3 nitrogen and oxygen atoms in total. The minimum Gasteiger partial charge on any atom is -0.365 e. The summed E-state index contributed by atoms with van der Waals surface area (Å²) in [6, 6.07) is 6.48. The average molecular weight is 247 g/mol. The third-order valence-corrected chi connectivity index (χ3v) is 2.48. The van der Waals surface area contributed by atoms with Crippen molar-refractivity contribution in [2.45, 2.75) is 46.2 Å². The predicted molar refractivity (Wildman–Crippen MR) is 80.3 cm³/mol. The fourth-order valence-electron chi connectivity index (χ4n) is 1.75. The lowest BCUT2D eigenvalue weighted by Gasteiger charge is -2.28. The van der Waals surface area contributed by atoms with E-state index in [4.69, 9.17) is 0 Å². The van der Waals surface area contributed by atoms with Crippen LogP contribution in [-0.2, 0) is 0 Å². The molecule has 0 aliphatic heterocycles. The van der Waals surface area contributed by atoms with E-state index in [9.17, 15) is 0 Å². The van der Waals surface area contributed by atoms with Crippen molar-refractivity contribution >= 4 is 11.6 Å². The first-order valence-corrected chi connectivity index (χ1v) is 6.46. The average Bonchev–Trinajstić information content (AvgIpc) is 2.23. The van der Waals surface area contributed by atoms with Crippen LogP contribution in [-0.4, -0.2) is 23.1 Å². The van der Waals surface area contributed by atoms with E-state index < -0.39 is 0 Å². The molecule has 18 heavy (non-hydrogen) atoms. The van der Waals surface area contributed by atoms with Gasteiger partial charge >= 0.3 is 0 Å². The van der Waals surface area contributed by atoms with E-state index in [1.807, 2.05) is 24.3 Å². The normalized spacial score (nSPS) is 11.4. The van der Waals surface area contributed by atoms with Gasteiger partial charge in [0.15, 0.2) is 0 Å². The molecule has 1 rings (SSSR count). The fraction of sp³-hybridized carbons (Fsp3) is 0.533. The van der Waals surface area contributed by atoms with Crippen LogP contribution in [0.15, 0.2) is 30.9 Å². The number of nitrogens with zero attached hydrogens (tertiary/aromatic N) is 2. The van der Waals surface area contributed by atoms with E-state index in [0.29, 0.717) is 6.04 Å². The number of hydrogen-bond acceptors (Lipinski definition) is 3. The van der Waals surface area contributed by atoms with Crippen LogP contribution in [0.5, 0.6) is 0 Å². The molecule has 0 atom stereocenters. The summed E-state index contributed by atoms with van der Waals surface area (Å²) in [6.07, 6.45) is 1.91. The molecular formula is C15H25N3. The van der Waals surface area contributed by atoms with Crippen LogP contribution in [0.3, 0.4) is 0 Å². The molecule has 0 fully saturated rings. The molecule has 1 aromatic heterocycles. The summed E-state index contributed by atoms with van der Waals surface area (Å²) in [5.74, 6) is 1.90. The summed E-state index contributed by atoms with van der Waals surface area (Å²) < 4.78 is 0. The molecule has 0 aliphatic carbocycles. The SMILES string of the molecule is C=CCN(c1cccc(NC(C)(C)C)n1)C(C)C. The summed E-state index contributed by atoms with van der Waals surface area (Å²) in [7, 11) is 0. The van der Waals surface area contributed by atoms with E-state index in [-0.39, 0.29) is 5.54 Å². The lowest BCUT2D eigenvalue weighted by molar-refractivity contribution is 0.629. The van der Waals surface area contributed by atoms with E-state index in [2.05, 4.69) is 56.4 Å². The number of hydrogen-bond donors (Lipinski definition) is 1. The Kier molecular flexibility index (Phi) is 4.76. The third kappa shape index (κ3) is 4.40. The molecule has 0 amide bonds. The van der Waals surface area contributed by atoms with Crippen molar-refractivity contribution in [2.24, 2.45) is 0 Å². The molecule has 0 unspecified atom stereocenters. The van der Waals surface area contributed by atoms with E-state index in [1.165, 1.54) is 0 Å². The first kappa shape index (κ1) is 14.6. The number of aromatic nitrogens is 1. The molecule has 0 radical (unpaired) electrons. The van der Waals surface area contributed by atoms with Gasteiger partial charge in [-0.15, -0.1) is 6.58 Å². The summed E-state index contributed by atoms with van der Waals surface area (Å²) in [5, 5.41) is 3.39. The first-order chi connectivity index (χ1) is 8.33. The van der Waals surface area contributed by atoms with Gasteiger partial charge in [-0.25, -0.2) is 4.98 Å². The lowest BCUT2D eigenvalue weighted by Crippen LogP contribution is -2.32. The maximum absolute atomic E-state index is 4.67. The molecular weight excluding hydrogens is 222 g/mol. The van der Waals surface area contributed by atoms with Crippen molar-refractivity contribution in [1.82, 2.24) is 4.98 Å². The number of rotatable bonds is 5. The monoisotopic (exact) mass is 247 g/mol. The molecule has 0 saturated heterocycles. The van der Waals surface area contributed by atoms with Gasteiger partial charge < -0.3 is 10.2 Å². The molecule has 0 bridgehead atoms. The highest BCUT2D eigenvalue weighted by Gasteiger charge is 2.13. The van der Waals surface area contributed by atoms with E-state index in [0.717, 1.165) is 18.2 Å². The fourth-order valence-corrected chi connectivity index (χ4v) is 1.75. The second-order valence-electron chi connectivity index (χ2n) is 5.79. The van der Waals surface area contributed by atoms with Crippen molar-refractivity contribution in [3.8, 4) is 0 Å². The summed E-state index contributed by atoms with van der Waals surface area (Å²) in [4.78, 5) is 6.89. The van der Waals surface area contributed by atoms with Gasteiger partial charge in [-0.1, -0.05) is 12.1 Å². The standard InChI is InChI=1S/C15H25N3/c1-7-11-18(12(2)3)14-10-8-9-13(16-14)17-15(4,5)6/h7-10,12H,1,11H2,2-6H3,(H,16,17). The van der Waals surface area contributed by atoms with Gasteiger partial charge in [0, 0.05) is 18.1 Å². The highest BCUT2D eigenvalue weighted by Crippen LogP contribution is 2.19. The summed E-state index contributed by atoms with van der Waals surface area (Å²) in [5.41, 5.74) is 0.0206. The van der Waals surface area contributed by atoms with Crippen molar-refractivity contribution in [1.29, 1.82) is 0 Å². The predicted octanol–water partition coefficient (Wildman–Crippen LogP) is 3.69. The van der Waals surface area contributed by atoms with Gasteiger partial charge in [-0.2, -0.15) is 0 Å². The minimum absolute atomic E-state index is 0.0206. The van der Waals surface area contributed by atoms with Crippen molar-refractivity contribution < 1.29 is 0 Å². The van der Waals surface area contributed by atoms with E-state index in [1.54, 1.807) is 0 Å². The number of pyridine rings is 1. The lowest BCUT2D eigenvalue weighted by atomic mass is 10.1. The highest BCUT2D eigenvalue weighted by atomic mass is 15.2. The molecule has 0 aliphatic rings. The minimum atomic E-state index is 0.0206.